The molecule has 0 aromatic heterocycles. The number of Topliss-reactive ketones (excluding diaryl/α,β-unsaturated/α-hetero) is 1. The van der Waals surface area contributed by atoms with Crippen LogP contribution in [0.4, 0.5) is 0 Å². The summed E-state index contributed by atoms with van der Waals surface area (Å²) >= 11 is 3.35. The Morgan fingerprint density at radius 3 is 2.67 bits per heavy atom. The lowest BCUT2D eigenvalue weighted by Crippen LogP contribution is -2.34. The molecule has 1 saturated heterocycles. The van der Waals surface area contributed by atoms with Gasteiger partial charge in [0.15, 0.2) is 5.78 Å². The molecule has 0 aliphatic carbocycles. The Hall–Kier alpha value is -1.11. The van der Waals surface area contributed by atoms with E-state index in [4.69, 9.17) is 10.5 Å². The SMILES string of the molecule is COc1ccc(Br)cc1C(=O)CCC(=O)N1CCC(C)(CN)C1.Cl. The van der Waals surface area contributed by atoms with Crippen LogP contribution in [0.3, 0.4) is 0 Å². The van der Waals surface area contributed by atoms with E-state index in [9.17, 15) is 9.59 Å². The molecule has 0 saturated carbocycles. The van der Waals surface area contributed by atoms with Crippen LogP contribution in [0, 0.1) is 5.41 Å². The number of ketones is 1. The summed E-state index contributed by atoms with van der Waals surface area (Å²) in [5.74, 6) is 0.462. The van der Waals surface area contributed by atoms with E-state index in [1.165, 1.54) is 7.11 Å². The normalized spacial score (nSPS) is 19.8. The summed E-state index contributed by atoms with van der Waals surface area (Å²) in [6.45, 7) is 4.07. The highest BCUT2D eigenvalue weighted by Crippen LogP contribution is 2.29. The summed E-state index contributed by atoms with van der Waals surface area (Å²) in [6.07, 6.45) is 1.32. The summed E-state index contributed by atoms with van der Waals surface area (Å²) in [6, 6.07) is 5.29. The molecule has 1 heterocycles. The van der Waals surface area contributed by atoms with Crippen molar-refractivity contribution in [2.45, 2.75) is 26.2 Å². The van der Waals surface area contributed by atoms with Gasteiger partial charge in [-0.05, 0) is 36.6 Å². The third-order valence-electron chi connectivity index (χ3n) is 4.43. The predicted octanol–water partition coefficient (Wildman–Crippen LogP) is 3.04. The number of methoxy groups -OCH3 is 1. The van der Waals surface area contributed by atoms with E-state index in [0.29, 0.717) is 24.4 Å². The van der Waals surface area contributed by atoms with Gasteiger partial charge in [0.1, 0.15) is 5.75 Å². The number of hydrogen-bond donors (Lipinski definition) is 1. The molecule has 1 aliphatic heterocycles. The molecule has 5 nitrogen and oxygen atoms in total. The molecule has 0 bridgehead atoms. The first-order valence-electron chi connectivity index (χ1n) is 7.73. The number of carbonyl (C=O) groups is 2. The van der Waals surface area contributed by atoms with Crippen molar-refractivity contribution in [2.24, 2.45) is 11.1 Å². The van der Waals surface area contributed by atoms with E-state index in [0.717, 1.165) is 17.4 Å². The van der Waals surface area contributed by atoms with Gasteiger partial charge in [0.25, 0.3) is 0 Å². The molecule has 1 unspecified atom stereocenters. The fourth-order valence-electron chi connectivity index (χ4n) is 2.81. The van der Waals surface area contributed by atoms with Gasteiger partial charge >= 0.3 is 0 Å². The van der Waals surface area contributed by atoms with Gasteiger partial charge in [0.2, 0.25) is 5.91 Å². The van der Waals surface area contributed by atoms with E-state index in [1.54, 1.807) is 12.1 Å². The zero-order chi connectivity index (χ0) is 17.0. The maximum absolute atomic E-state index is 12.4. The molecule has 1 aliphatic rings. The number of hydrogen-bond acceptors (Lipinski definition) is 4. The van der Waals surface area contributed by atoms with Crippen LogP contribution in [-0.4, -0.2) is 43.3 Å². The first-order chi connectivity index (χ1) is 10.9. The molecule has 24 heavy (non-hydrogen) atoms. The summed E-state index contributed by atoms with van der Waals surface area (Å²) in [5, 5.41) is 0. The molecule has 2 rings (SSSR count). The molecular weight excluding hydrogens is 396 g/mol. The summed E-state index contributed by atoms with van der Waals surface area (Å²) in [7, 11) is 1.53. The molecule has 2 N–H and O–H groups in total. The van der Waals surface area contributed by atoms with Gasteiger partial charge in [-0.3, -0.25) is 9.59 Å². The zero-order valence-corrected chi connectivity index (χ0v) is 16.4. The van der Waals surface area contributed by atoms with Crippen LogP contribution in [0.25, 0.3) is 0 Å². The minimum absolute atomic E-state index is 0. The molecule has 1 atom stereocenters. The van der Waals surface area contributed by atoms with Gasteiger partial charge in [-0.1, -0.05) is 22.9 Å². The highest BCUT2D eigenvalue weighted by Gasteiger charge is 2.34. The first-order valence-corrected chi connectivity index (χ1v) is 8.52. The van der Waals surface area contributed by atoms with E-state index in [1.807, 2.05) is 11.0 Å². The second-order valence-corrected chi connectivity index (χ2v) is 7.26. The number of rotatable bonds is 6. The Morgan fingerprint density at radius 2 is 2.08 bits per heavy atom. The Balaban J connectivity index is 0.00000288. The van der Waals surface area contributed by atoms with E-state index >= 15 is 0 Å². The van der Waals surface area contributed by atoms with Gasteiger partial charge in [-0.15, -0.1) is 12.4 Å². The number of nitrogens with two attached hydrogens (primary N) is 1. The molecular formula is C17H24BrClN2O3. The zero-order valence-electron chi connectivity index (χ0n) is 14.0. The highest BCUT2D eigenvalue weighted by atomic mass is 79.9. The average molecular weight is 420 g/mol. The number of likely N-dealkylation sites (tertiary alicyclic amines) is 1. The molecule has 1 amide bonds. The summed E-state index contributed by atoms with van der Waals surface area (Å²) in [5.41, 5.74) is 6.27. The quantitative estimate of drug-likeness (QED) is 0.719. The molecule has 1 aromatic rings. The van der Waals surface area contributed by atoms with Crippen molar-refractivity contribution in [2.75, 3.05) is 26.7 Å². The monoisotopic (exact) mass is 418 g/mol. The topological polar surface area (TPSA) is 72.6 Å². The van der Waals surface area contributed by atoms with Gasteiger partial charge in [-0.2, -0.15) is 0 Å². The second kappa shape index (κ2) is 8.83. The maximum atomic E-state index is 12.4. The van der Waals surface area contributed by atoms with E-state index < -0.39 is 0 Å². The van der Waals surface area contributed by atoms with Gasteiger partial charge in [0, 0.05) is 30.4 Å². The molecule has 1 fully saturated rings. The van der Waals surface area contributed by atoms with Crippen LogP contribution < -0.4 is 10.5 Å². The average Bonchev–Trinajstić information content (AvgIpc) is 2.95. The van der Waals surface area contributed by atoms with Gasteiger partial charge in [0.05, 0.1) is 12.7 Å². The smallest absolute Gasteiger partial charge is 0.223 e. The van der Waals surface area contributed by atoms with Crippen LogP contribution >= 0.6 is 28.3 Å². The Morgan fingerprint density at radius 1 is 1.38 bits per heavy atom. The Bertz CT molecular complexity index is 611. The standard InChI is InChI=1S/C17H23BrN2O3.ClH/c1-17(10-19)7-8-20(11-17)16(22)6-4-14(21)13-9-12(18)3-5-15(13)23-2;/h3,5,9H,4,6-8,10-11,19H2,1-2H3;1H. The number of nitrogens with zero attached hydrogens (tertiary/aromatic N) is 1. The maximum Gasteiger partial charge on any atom is 0.223 e. The van der Waals surface area contributed by atoms with E-state index in [2.05, 4.69) is 22.9 Å². The molecule has 1 aromatic carbocycles. The number of ether oxygens (including phenoxy) is 1. The van der Waals surface area contributed by atoms with Crippen molar-refractivity contribution in [3.63, 3.8) is 0 Å². The predicted molar refractivity (Wildman–Crippen MR) is 99.9 cm³/mol. The minimum Gasteiger partial charge on any atom is -0.496 e. The molecule has 0 radical (unpaired) electrons. The van der Waals surface area contributed by atoms with E-state index in [-0.39, 0.29) is 42.4 Å². The number of carbonyl (C=O) groups excluding carboxylic acids is 2. The lowest BCUT2D eigenvalue weighted by atomic mass is 9.90. The number of halogens is 2. The van der Waals surface area contributed by atoms with Gasteiger partial charge < -0.3 is 15.4 Å². The van der Waals surface area contributed by atoms with Crippen molar-refractivity contribution >= 4 is 40.0 Å². The number of amides is 1. The third kappa shape index (κ3) is 4.94. The molecule has 0 spiro atoms. The third-order valence-corrected chi connectivity index (χ3v) is 4.92. The van der Waals surface area contributed by atoms with Crippen molar-refractivity contribution in [1.29, 1.82) is 0 Å². The lowest BCUT2D eigenvalue weighted by Gasteiger charge is -2.22. The summed E-state index contributed by atoms with van der Waals surface area (Å²) in [4.78, 5) is 26.5. The van der Waals surface area contributed by atoms with Crippen molar-refractivity contribution in [3.8, 4) is 5.75 Å². The van der Waals surface area contributed by atoms with Crippen molar-refractivity contribution in [3.05, 3.63) is 28.2 Å². The minimum atomic E-state index is -0.0858. The second-order valence-electron chi connectivity index (χ2n) is 6.35. The Kier molecular flexibility index (Phi) is 7.70. The van der Waals surface area contributed by atoms with Crippen LogP contribution in [-0.2, 0) is 4.79 Å². The Labute approximate surface area is 157 Å². The van der Waals surface area contributed by atoms with Crippen molar-refractivity contribution < 1.29 is 14.3 Å². The highest BCUT2D eigenvalue weighted by molar-refractivity contribution is 9.10. The fraction of sp³-hybridized carbons (Fsp3) is 0.529. The van der Waals surface area contributed by atoms with Gasteiger partial charge in [-0.25, -0.2) is 0 Å². The summed E-state index contributed by atoms with van der Waals surface area (Å²) < 4.78 is 6.03. The van der Waals surface area contributed by atoms with Crippen LogP contribution in [0.1, 0.15) is 36.5 Å². The number of benzene rings is 1. The van der Waals surface area contributed by atoms with Crippen LogP contribution in [0.2, 0.25) is 0 Å². The largest absolute Gasteiger partial charge is 0.496 e. The molecule has 7 heteroatoms. The van der Waals surface area contributed by atoms with Crippen LogP contribution in [0.5, 0.6) is 5.75 Å². The molecule has 134 valence electrons. The lowest BCUT2D eigenvalue weighted by molar-refractivity contribution is -0.130. The van der Waals surface area contributed by atoms with Crippen molar-refractivity contribution in [1.82, 2.24) is 4.90 Å². The van der Waals surface area contributed by atoms with Crippen LogP contribution in [0.15, 0.2) is 22.7 Å². The fourth-order valence-corrected chi connectivity index (χ4v) is 3.18. The first kappa shape index (κ1) is 20.9.